The van der Waals surface area contributed by atoms with Gasteiger partial charge in [-0.1, -0.05) is 44.6 Å². The van der Waals surface area contributed by atoms with Crippen molar-refractivity contribution in [3.05, 3.63) is 37.0 Å². The van der Waals surface area contributed by atoms with E-state index in [0.717, 1.165) is 32.1 Å². The van der Waals surface area contributed by atoms with E-state index in [-0.39, 0.29) is 12.0 Å². The second kappa shape index (κ2) is 16.0. The highest BCUT2D eigenvalue weighted by atomic mass is 16.5. The monoisotopic (exact) mass is 336 g/mol. The summed E-state index contributed by atoms with van der Waals surface area (Å²) in [6, 6.07) is 0. The fourth-order valence-corrected chi connectivity index (χ4v) is 1.93. The average molecular weight is 336 g/mol. The molecule has 0 radical (unpaired) electrons. The van der Waals surface area contributed by atoms with Crippen molar-refractivity contribution >= 4 is 11.9 Å². The Morgan fingerprint density at radius 3 is 2.21 bits per heavy atom. The van der Waals surface area contributed by atoms with Crippen LogP contribution in [0.2, 0.25) is 0 Å². The summed E-state index contributed by atoms with van der Waals surface area (Å²) >= 11 is 0. The predicted molar refractivity (Wildman–Crippen MR) is 97.6 cm³/mol. The van der Waals surface area contributed by atoms with Crippen LogP contribution in [0.3, 0.4) is 0 Å². The molecule has 0 aromatic rings. The molecule has 0 spiro atoms. The summed E-state index contributed by atoms with van der Waals surface area (Å²) < 4.78 is 10.1. The van der Waals surface area contributed by atoms with Crippen LogP contribution in [-0.4, -0.2) is 25.2 Å². The van der Waals surface area contributed by atoms with Crippen LogP contribution >= 0.6 is 0 Å². The molecule has 0 aliphatic rings. The third-order valence-corrected chi connectivity index (χ3v) is 3.35. The Kier molecular flexibility index (Phi) is 14.8. The van der Waals surface area contributed by atoms with Crippen LogP contribution in [0.5, 0.6) is 0 Å². The molecule has 0 unspecified atom stereocenters. The van der Waals surface area contributed by atoms with Gasteiger partial charge in [0, 0.05) is 5.57 Å². The quantitative estimate of drug-likeness (QED) is 0.185. The molecule has 0 saturated carbocycles. The van der Waals surface area contributed by atoms with Crippen LogP contribution in [0.4, 0.5) is 0 Å². The fourth-order valence-electron chi connectivity index (χ4n) is 1.93. The van der Waals surface area contributed by atoms with Crippen molar-refractivity contribution in [2.24, 2.45) is 0 Å². The smallest absolute Gasteiger partial charge is 0.333 e. The van der Waals surface area contributed by atoms with Crippen molar-refractivity contribution in [1.82, 2.24) is 0 Å². The Balaban J connectivity index is 3.65. The number of hydrogen-bond donors (Lipinski definition) is 0. The van der Waals surface area contributed by atoms with Crippen molar-refractivity contribution in [1.29, 1.82) is 0 Å². The van der Waals surface area contributed by atoms with Gasteiger partial charge in [-0.05, 0) is 38.5 Å². The normalized spacial score (nSPS) is 10.5. The third-order valence-electron chi connectivity index (χ3n) is 3.35. The van der Waals surface area contributed by atoms with Crippen molar-refractivity contribution in [3.8, 4) is 0 Å². The molecule has 0 aliphatic carbocycles. The molecule has 0 aliphatic heterocycles. The summed E-state index contributed by atoms with van der Waals surface area (Å²) in [7, 11) is 0. The Labute approximate surface area is 146 Å². The topological polar surface area (TPSA) is 52.6 Å². The van der Waals surface area contributed by atoms with Crippen LogP contribution in [0, 0.1) is 0 Å². The molecule has 0 aromatic heterocycles. The van der Waals surface area contributed by atoms with Gasteiger partial charge in [0.05, 0.1) is 19.6 Å². The van der Waals surface area contributed by atoms with Gasteiger partial charge in [-0.3, -0.25) is 4.79 Å². The Bertz CT molecular complexity index is 410. The van der Waals surface area contributed by atoms with E-state index in [0.29, 0.717) is 13.2 Å². The van der Waals surface area contributed by atoms with E-state index in [4.69, 9.17) is 9.47 Å². The molecule has 0 saturated heterocycles. The molecule has 24 heavy (non-hydrogen) atoms. The predicted octanol–water partition coefficient (Wildman–Crippen LogP) is 4.90. The minimum Gasteiger partial charge on any atom is -0.465 e. The summed E-state index contributed by atoms with van der Waals surface area (Å²) in [5.74, 6) is -0.971. The SMILES string of the molecule is C=CCCCOC(=O)C(=C)CC(=O)OCCC/C=C/CCCCC. The fraction of sp³-hybridized carbons (Fsp3) is 0.600. The number of carbonyl (C=O) groups is 2. The lowest BCUT2D eigenvalue weighted by Crippen LogP contribution is -2.14. The van der Waals surface area contributed by atoms with Gasteiger partial charge < -0.3 is 9.47 Å². The van der Waals surface area contributed by atoms with Gasteiger partial charge in [-0.15, -0.1) is 6.58 Å². The molecule has 0 aromatic carbocycles. The van der Waals surface area contributed by atoms with Gasteiger partial charge in [0.2, 0.25) is 0 Å². The summed E-state index contributed by atoms with van der Waals surface area (Å²) in [5, 5.41) is 0. The standard InChI is InChI=1S/C20H32O4/c1-4-6-8-9-10-11-12-14-15-23-19(21)17-18(3)20(22)24-16-13-7-5-2/h5,10-11H,2-4,6-9,12-17H2,1H3/b11-10+. The number of hydrogen-bond acceptors (Lipinski definition) is 4. The van der Waals surface area contributed by atoms with E-state index < -0.39 is 11.9 Å². The maximum atomic E-state index is 11.6. The van der Waals surface area contributed by atoms with Crippen molar-refractivity contribution < 1.29 is 19.1 Å². The first-order chi connectivity index (χ1) is 11.6. The van der Waals surface area contributed by atoms with E-state index >= 15 is 0 Å². The lowest BCUT2D eigenvalue weighted by atomic mass is 10.2. The number of allylic oxidation sites excluding steroid dienone is 3. The summed E-state index contributed by atoms with van der Waals surface area (Å²) in [6.45, 7) is 10.0. The van der Waals surface area contributed by atoms with E-state index in [1.807, 2.05) is 0 Å². The lowest BCUT2D eigenvalue weighted by molar-refractivity contribution is -0.146. The van der Waals surface area contributed by atoms with E-state index in [2.05, 4.69) is 32.2 Å². The summed E-state index contributed by atoms with van der Waals surface area (Å²) in [4.78, 5) is 23.2. The lowest BCUT2D eigenvalue weighted by Gasteiger charge is -2.07. The molecule has 0 rings (SSSR count). The molecule has 0 atom stereocenters. The molecule has 0 fully saturated rings. The Morgan fingerprint density at radius 1 is 0.917 bits per heavy atom. The highest BCUT2D eigenvalue weighted by Crippen LogP contribution is 2.05. The highest BCUT2D eigenvalue weighted by molar-refractivity contribution is 5.93. The van der Waals surface area contributed by atoms with E-state index in [9.17, 15) is 9.59 Å². The largest absolute Gasteiger partial charge is 0.465 e. The van der Waals surface area contributed by atoms with Gasteiger partial charge in [-0.25, -0.2) is 4.79 Å². The minimum absolute atomic E-state index is 0.118. The maximum Gasteiger partial charge on any atom is 0.333 e. The molecule has 4 nitrogen and oxygen atoms in total. The summed E-state index contributed by atoms with van der Waals surface area (Å²) in [5.41, 5.74) is 0.134. The first-order valence-electron chi connectivity index (χ1n) is 8.88. The third kappa shape index (κ3) is 13.8. The zero-order valence-corrected chi connectivity index (χ0v) is 15.1. The van der Waals surface area contributed by atoms with Gasteiger partial charge in [0.15, 0.2) is 0 Å². The molecular formula is C20H32O4. The van der Waals surface area contributed by atoms with E-state index in [1.54, 1.807) is 6.08 Å². The van der Waals surface area contributed by atoms with E-state index in [1.165, 1.54) is 19.3 Å². The van der Waals surface area contributed by atoms with Crippen LogP contribution in [-0.2, 0) is 19.1 Å². The summed E-state index contributed by atoms with van der Waals surface area (Å²) in [6.07, 6.45) is 14.0. The van der Waals surface area contributed by atoms with Crippen molar-refractivity contribution in [2.45, 2.75) is 64.7 Å². The number of rotatable bonds is 15. The van der Waals surface area contributed by atoms with Crippen LogP contribution in [0.1, 0.15) is 64.7 Å². The molecule has 0 bridgehead atoms. The van der Waals surface area contributed by atoms with Gasteiger partial charge in [0.25, 0.3) is 0 Å². The Morgan fingerprint density at radius 2 is 1.54 bits per heavy atom. The minimum atomic E-state index is -0.536. The number of carbonyl (C=O) groups excluding carboxylic acids is 2. The number of esters is 2. The molecule has 0 amide bonds. The average Bonchev–Trinajstić information content (AvgIpc) is 2.57. The van der Waals surface area contributed by atoms with Gasteiger partial charge in [0.1, 0.15) is 0 Å². The molecule has 0 N–H and O–H groups in total. The highest BCUT2D eigenvalue weighted by Gasteiger charge is 2.13. The first kappa shape index (κ1) is 22.2. The molecular weight excluding hydrogens is 304 g/mol. The van der Waals surface area contributed by atoms with Crippen molar-refractivity contribution in [2.75, 3.05) is 13.2 Å². The zero-order valence-electron chi connectivity index (χ0n) is 15.1. The van der Waals surface area contributed by atoms with Gasteiger partial charge >= 0.3 is 11.9 Å². The first-order valence-corrected chi connectivity index (χ1v) is 8.88. The van der Waals surface area contributed by atoms with Gasteiger partial charge in [-0.2, -0.15) is 0 Å². The number of unbranched alkanes of at least 4 members (excludes halogenated alkanes) is 5. The molecule has 136 valence electrons. The maximum absolute atomic E-state index is 11.6. The van der Waals surface area contributed by atoms with Crippen LogP contribution in [0.25, 0.3) is 0 Å². The second-order valence-corrected chi connectivity index (χ2v) is 5.68. The molecule has 0 heterocycles. The Hall–Kier alpha value is -1.84. The van der Waals surface area contributed by atoms with Crippen LogP contribution < -0.4 is 0 Å². The zero-order chi connectivity index (χ0) is 18.0. The van der Waals surface area contributed by atoms with Crippen molar-refractivity contribution in [3.63, 3.8) is 0 Å². The second-order valence-electron chi connectivity index (χ2n) is 5.68. The number of ether oxygens (including phenoxy) is 2. The van der Waals surface area contributed by atoms with Crippen LogP contribution in [0.15, 0.2) is 37.0 Å². The molecule has 4 heteroatoms.